The second-order valence-electron chi connectivity index (χ2n) is 3.93. The summed E-state index contributed by atoms with van der Waals surface area (Å²) in [6.07, 6.45) is 6.49. The summed E-state index contributed by atoms with van der Waals surface area (Å²) >= 11 is 1.44. The summed E-state index contributed by atoms with van der Waals surface area (Å²) in [6, 6.07) is 4.96. The number of thiazole rings is 1. The van der Waals surface area contributed by atoms with Crippen LogP contribution in [-0.4, -0.2) is 26.0 Å². The number of urea groups is 1. The molecule has 104 valence electrons. The lowest BCUT2D eigenvalue weighted by molar-refractivity contribution is 0.262. The molecule has 0 saturated carbocycles. The maximum atomic E-state index is 11.8. The van der Waals surface area contributed by atoms with Gasteiger partial charge in [-0.05, 0) is 18.2 Å². The molecule has 0 aromatic carbocycles. The highest BCUT2D eigenvalue weighted by Crippen LogP contribution is 2.25. The zero-order valence-electron chi connectivity index (χ0n) is 10.7. The number of anilines is 2. The predicted octanol–water partition coefficient (Wildman–Crippen LogP) is 2.64. The monoisotopic (exact) mass is 298 g/mol. The normalized spacial score (nSPS) is 10.1. The Morgan fingerprint density at radius 2 is 1.81 bits per heavy atom. The van der Waals surface area contributed by atoms with E-state index in [-0.39, 0.29) is 5.95 Å². The van der Waals surface area contributed by atoms with Gasteiger partial charge >= 0.3 is 6.03 Å². The number of hydrogen-bond donors (Lipinski definition) is 2. The number of carbonyl (C=O) groups excluding carboxylic acids is 1. The van der Waals surface area contributed by atoms with Crippen LogP contribution in [0.3, 0.4) is 0 Å². The highest BCUT2D eigenvalue weighted by Gasteiger charge is 2.08. The van der Waals surface area contributed by atoms with Gasteiger partial charge in [-0.25, -0.2) is 19.7 Å². The van der Waals surface area contributed by atoms with Gasteiger partial charge in [0.15, 0.2) is 0 Å². The molecule has 3 rings (SSSR count). The fourth-order valence-corrected chi connectivity index (χ4v) is 2.33. The molecular weight excluding hydrogens is 288 g/mol. The SMILES string of the molecule is O=C(Nc1csc(-c2ccncc2)n1)Nc1ncccn1. The Morgan fingerprint density at radius 1 is 1.05 bits per heavy atom. The molecule has 2 amide bonds. The van der Waals surface area contributed by atoms with Crippen molar-refractivity contribution in [2.45, 2.75) is 0 Å². The highest BCUT2D eigenvalue weighted by atomic mass is 32.1. The lowest BCUT2D eigenvalue weighted by Gasteiger charge is -2.02. The van der Waals surface area contributed by atoms with Crippen LogP contribution in [0.2, 0.25) is 0 Å². The Kier molecular flexibility index (Phi) is 3.79. The fourth-order valence-electron chi connectivity index (χ4n) is 1.57. The standard InChI is InChI=1S/C13H10N6OS/c20-13(19-12-15-4-1-5-16-12)18-10-8-21-11(17-10)9-2-6-14-7-3-9/h1-8H,(H2,15,16,18,19,20). The van der Waals surface area contributed by atoms with Gasteiger partial charge in [-0.1, -0.05) is 0 Å². The van der Waals surface area contributed by atoms with Crippen molar-refractivity contribution in [2.75, 3.05) is 10.6 Å². The van der Waals surface area contributed by atoms with Crippen molar-refractivity contribution >= 4 is 29.1 Å². The zero-order valence-corrected chi connectivity index (χ0v) is 11.5. The molecule has 0 aliphatic rings. The Labute approximate surface area is 124 Å². The second-order valence-corrected chi connectivity index (χ2v) is 4.78. The smallest absolute Gasteiger partial charge is 0.291 e. The van der Waals surface area contributed by atoms with Gasteiger partial charge in [-0.15, -0.1) is 11.3 Å². The molecule has 0 aliphatic heterocycles. The fraction of sp³-hybridized carbons (Fsp3) is 0. The average molecular weight is 298 g/mol. The van der Waals surface area contributed by atoms with E-state index in [1.807, 2.05) is 12.1 Å². The average Bonchev–Trinajstić information content (AvgIpc) is 2.97. The third-order valence-electron chi connectivity index (χ3n) is 2.46. The maximum absolute atomic E-state index is 11.8. The van der Waals surface area contributed by atoms with Crippen LogP contribution >= 0.6 is 11.3 Å². The lowest BCUT2D eigenvalue weighted by atomic mass is 10.3. The molecule has 0 atom stereocenters. The number of rotatable bonds is 3. The van der Waals surface area contributed by atoms with E-state index in [0.29, 0.717) is 5.82 Å². The molecule has 3 aromatic heterocycles. The number of amides is 2. The molecule has 0 saturated heterocycles. The van der Waals surface area contributed by atoms with Crippen LogP contribution in [0.25, 0.3) is 10.6 Å². The topological polar surface area (TPSA) is 92.7 Å². The number of carbonyl (C=O) groups is 1. The molecule has 0 bridgehead atoms. The van der Waals surface area contributed by atoms with Gasteiger partial charge in [0.25, 0.3) is 0 Å². The summed E-state index contributed by atoms with van der Waals surface area (Å²) in [5.74, 6) is 0.708. The Hall–Kier alpha value is -2.87. The molecule has 0 radical (unpaired) electrons. The van der Waals surface area contributed by atoms with E-state index in [9.17, 15) is 4.79 Å². The van der Waals surface area contributed by atoms with Crippen LogP contribution in [0, 0.1) is 0 Å². The van der Waals surface area contributed by atoms with Crippen molar-refractivity contribution < 1.29 is 4.79 Å². The number of pyridine rings is 1. The van der Waals surface area contributed by atoms with Gasteiger partial charge < -0.3 is 0 Å². The first-order valence-electron chi connectivity index (χ1n) is 6.02. The van der Waals surface area contributed by atoms with Crippen LogP contribution in [0.1, 0.15) is 0 Å². The summed E-state index contributed by atoms with van der Waals surface area (Å²) in [7, 11) is 0. The van der Waals surface area contributed by atoms with Gasteiger partial charge in [0.05, 0.1) is 0 Å². The molecule has 3 aromatic rings. The summed E-state index contributed by atoms with van der Waals surface area (Å²) in [4.78, 5) is 27.9. The Morgan fingerprint density at radius 3 is 2.57 bits per heavy atom. The van der Waals surface area contributed by atoms with Crippen LogP contribution in [0.15, 0.2) is 48.4 Å². The van der Waals surface area contributed by atoms with Crippen molar-refractivity contribution in [3.05, 3.63) is 48.4 Å². The van der Waals surface area contributed by atoms with E-state index in [2.05, 4.69) is 30.6 Å². The maximum Gasteiger partial charge on any atom is 0.327 e. The van der Waals surface area contributed by atoms with Crippen LogP contribution in [-0.2, 0) is 0 Å². The molecule has 3 heterocycles. The van der Waals surface area contributed by atoms with Crippen LogP contribution in [0.4, 0.5) is 16.6 Å². The molecule has 0 aliphatic carbocycles. The first-order valence-corrected chi connectivity index (χ1v) is 6.90. The van der Waals surface area contributed by atoms with Crippen molar-refractivity contribution in [3.8, 4) is 10.6 Å². The molecule has 21 heavy (non-hydrogen) atoms. The van der Waals surface area contributed by atoms with E-state index in [1.54, 1.807) is 36.2 Å². The van der Waals surface area contributed by atoms with Crippen LogP contribution < -0.4 is 10.6 Å². The number of aromatic nitrogens is 4. The minimum Gasteiger partial charge on any atom is -0.291 e. The number of nitrogens with zero attached hydrogens (tertiary/aromatic N) is 4. The lowest BCUT2D eigenvalue weighted by Crippen LogP contribution is -2.20. The summed E-state index contributed by atoms with van der Waals surface area (Å²) in [5, 5.41) is 7.73. The van der Waals surface area contributed by atoms with Gasteiger partial charge in [-0.2, -0.15) is 0 Å². The molecule has 2 N–H and O–H groups in total. The summed E-state index contributed by atoms with van der Waals surface area (Å²) in [5.41, 5.74) is 0.954. The van der Waals surface area contributed by atoms with E-state index in [1.165, 1.54) is 11.3 Å². The minimum absolute atomic E-state index is 0.236. The van der Waals surface area contributed by atoms with Crippen molar-refractivity contribution in [2.24, 2.45) is 0 Å². The van der Waals surface area contributed by atoms with Gasteiger partial charge in [0.1, 0.15) is 10.8 Å². The van der Waals surface area contributed by atoms with Gasteiger partial charge in [0, 0.05) is 35.7 Å². The molecule has 0 spiro atoms. The largest absolute Gasteiger partial charge is 0.327 e. The zero-order chi connectivity index (χ0) is 14.5. The quantitative estimate of drug-likeness (QED) is 0.775. The van der Waals surface area contributed by atoms with Crippen molar-refractivity contribution in [3.63, 3.8) is 0 Å². The molecule has 7 nitrogen and oxygen atoms in total. The van der Waals surface area contributed by atoms with Gasteiger partial charge in [0.2, 0.25) is 5.95 Å². The third kappa shape index (κ3) is 3.37. The molecule has 8 heteroatoms. The first-order chi connectivity index (χ1) is 10.3. The predicted molar refractivity (Wildman–Crippen MR) is 80.0 cm³/mol. The molecular formula is C13H10N6OS. The van der Waals surface area contributed by atoms with E-state index >= 15 is 0 Å². The van der Waals surface area contributed by atoms with E-state index in [0.717, 1.165) is 10.6 Å². The minimum atomic E-state index is -0.437. The first kappa shape index (κ1) is 13.1. The highest BCUT2D eigenvalue weighted by molar-refractivity contribution is 7.13. The Bertz CT molecular complexity index is 731. The molecule has 0 unspecified atom stereocenters. The second kappa shape index (κ2) is 6.06. The van der Waals surface area contributed by atoms with Crippen LogP contribution in [0.5, 0.6) is 0 Å². The summed E-state index contributed by atoms with van der Waals surface area (Å²) in [6.45, 7) is 0. The summed E-state index contributed by atoms with van der Waals surface area (Å²) < 4.78 is 0. The Balaban J connectivity index is 1.66. The van der Waals surface area contributed by atoms with Crippen molar-refractivity contribution in [1.29, 1.82) is 0 Å². The van der Waals surface area contributed by atoms with Gasteiger partial charge in [-0.3, -0.25) is 15.6 Å². The van der Waals surface area contributed by atoms with E-state index in [4.69, 9.17) is 0 Å². The van der Waals surface area contributed by atoms with Crippen molar-refractivity contribution in [1.82, 2.24) is 19.9 Å². The third-order valence-corrected chi connectivity index (χ3v) is 3.36. The van der Waals surface area contributed by atoms with E-state index < -0.39 is 6.03 Å². The number of nitrogens with one attached hydrogen (secondary N) is 2. The number of hydrogen-bond acceptors (Lipinski definition) is 6. The molecule has 0 fully saturated rings.